The summed E-state index contributed by atoms with van der Waals surface area (Å²) in [5, 5.41) is 0. The van der Waals surface area contributed by atoms with E-state index in [2.05, 4.69) is 15.9 Å². The average Bonchev–Trinajstić information content (AvgIpc) is 2.15. The second-order valence-corrected chi connectivity index (χ2v) is 4.41. The minimum Gasteiger partial charge on any atom is -0.370 e. The van der Waals surface area contributed by atoms with Crippen molar-refractivity contribution in [3.8, 4) is 0 Å². The van der Waals surface area contributed by atoms with Crippen LogP contribution in [0.5, 0.6) is 0 Å². The van der Waals surface area contributed by atoms with E-state index in [1.54, 1.807) is 0 Å². The van der Waals surface area contributed by atoms with Gasteiger partial charge in [0.15, 0.2) is 0 Å². The van der Waals surface area contributed by atoms with Crippen LogP contribution in [0.4, 0.5) is 0 Å². The van der Waals surface area contributed by atoms with Gasteiger partial charge in [0.25, 0.3) is 0 Å². The quantitative estimate of drug-likeness (QED) is 0.853. The number of benzene rings is 1. The van der Waals surface area contributed by atoms with Crippen LogP contribution in [0.15, 0.2) is 28.7 Å². The Labute approximate surface area is 102 Å². The fourth-order valence-electron chi connectivity index (χ4n) is 1.58. The topological polar surface area (TPSA) is 86.2 Å². The molecule has 0 radical (unpaired) electrons. The van der Waals surface area contributed by atoms with Crippen LogP contribution in [-0.4, -0.2) is 11.8 Å². The number of nitrogens with two attached hydrogens (primary N) is 2. The van der Waals surface area contributed by atoms with Crippen LogP contribution in [0.2, 0.25) is 0 Å². The van der Waals surface area contributed by atoms with E-state index in [0.29, 0.717) is 0 Å². The zero-order valence-corrected chi connectivity index (χ0v) is 10.2. The molecule has 86 valence electrons. The molecule has 0 bridgehead atoms. The second-order valence-electron chi connectivity index (χ2n) is 3.56. The van der Waals surface area contributed by atoms with E-state index in [1.165, 1.54) is 0 Å². The lowest BCUT2D eigenvalue weighted by atomic mass is 9.92. The Balaban J connectivity index is 2.96. The largest absolute Gasteiger partial charge is 0.370 e. The van der Waals surface area contributed by atoms with Gasteiger partial charge in [-0.3, -0.25) is 9.59 Å². The molecule has 0 saturated carbocycles. The number of carbonyl (C=O) groups is 2. The van der Waals surface area contributed by atoms with E-state index in [-0.39, 0.29) is 18.8 Å². The molecule has 0 unspecified atom stereocenters. The van der Waals surface area contributed by atoms with Crippen LogP contribution in [0.3, 0.4) is 0 Å². The molecule has 2 amide bonds. The van der Waals surface area contributed by atoms with Crippen molar-refractivity contribution in [1.29, 1.82) is 0 Å². The van der Waals surface area contributed by atoms with Gasteiger partial charge in [-0.1, -0.05) is 34.1 Å². The monoisotopic (exact) mass is 284 g/mol. The van der Waals surface area contributed by atoms with Gasteiger partial charge in [-0.2, -0.15) is 0 Å². The summed E-state index contributed by atoms with van der Waals surface area (Å²) in [5.41, 5.74) is 11.2. The van der Waals surface area contributed by atoms with Gasteiger partial charge in [-0.15, -0.1) is 0 Å². The molecule has 0 spiro atoms. The summed E-state index contributed by atoms with van der Waals surface area (Å²) in [6, 6.07) is 7.40. The summed E-state index contributed by atoms with van der Waals surface area (Å²) >= 11 is 3.37. The average molecular weight is 285 g/mol. The van der Waals surface area contributed by atoms with Crippen molar-refractivity contribution in [3.63, 3.8) is 0 Å². The molecule has 4 nitrogen and oxygen atoms in total. The van der Waals surface area contributed by atoms with E-state index < -0.39 is 11.8 Å². The molecule has 4 N–H and O–H groups in total. The van der Waals surface area contributed by atoms with E-state index in [4.69, 9.17) is 11.5 Å². The number of rotatable bonds is 5. The van der Waals surface area contributed by atoms with Crippen LogP contribution >= 0.6 is 15.9 Å². The molecule has 0 heterocycles. The molecule has 5 heteroatoms. The Morgan fingerprint density at radius 3 is 2.06 bits per heavy atom. The number of halogens is 1. The van der Waals surface area contributed by atoms with Crippen molar-refractivity contribution in [2.45, 2.75) is 18.8 Å². The fraction of sp³-hybridized carbons (Fsp3) is 0.273. The maximum absolute atomic E-state index is 10.9. The predicted molar refractivity (Wildman–Crippen MR) is 64.5 cm³/mol. The lowest BCUT2D eigenvalue weighted by Gasteiger charge is -2.15. The third-order valence-corrected chi connectivity index (χ3v) is 2.96. The number of primary amides is 2. The normalized spacial score (nSPS) is 10.4. The standard InChI is InChI=1S/C11H13BrN2O2/c12-9-4-2-1-3-8(9)7(5-10(13)15)6-11(14)16/h1-4,7H,5-6H2,(H2,13,15)(H2,14,16). The van der Waals surface area contributed by atoms with E-state index in [1.807, 2.05) is 24.3 Å². The van der Waals surface area contributed by atoms with Gasteiger partial charge in [-0.25, -0.2) is 0 Å². The summed E-state index contributed by atoms with van der Waals surface area (Å²) in [6.07, 6.45) is 0.233. The Morgan fingerprint density at radius 1 is 1.12 bits per heavy atom. The predicted octanol–water partition coefficient (Wildman–Crippen LogP) is 1.28. The molecule has 0 atom stereocenters. The minimum atomic E-state index is -0.443. The van der Waals surface area contributed by atoms with Crippen LogP contribution in [0, 0.1) is 0 Å². The van der Waals surface area contributed by atoms with Crippen molar-refractivity contribution >= 4 is 27.7 Å². The molecule has 0 aliphatic rings. The highest BCUT2D eigenvalue weighted by molar-refractivity contribution is 9.10. The van der Waals surface area contributed by atoms with Crippen LogP contribution in [0.25, 0.3) is 0 Å². The van der Waals surface area contributed by atoms with Gasteiger partial charge in [0.2, 0.25) is 11.8 Å². The van der Waals surface area contributed by atoms with Crippen molar-refractivity contribution in [3.05, 3.63) is 34.3 Å². The van der Waals surface area contributed by atoms with E-state index in [0.717, 1.165) is 10.0 Å². The van der Waals surface area contributed by atoms with Gasteiger partial charge >= 0.3 is 0 Å². The fourth-order valence-corrected chi connectivity index (χ4v) is 2.19. The van der Waals surface area contributed by atoms with Gasteiger partial charge in [-0.05, 0) is 11.6 Å². The molecule has 1 rings (SSSR count). The van der Waals surface area contributed by atoms with Gasteiger partial charge < -0.3 is 11.5 Å². The molecule has 1 aromatic carbocycles. The molecule has 0 aliphatic carbocycles. The van der Waals surface area contributed by atoms with Crippen LogP contribution in [0.1, 0.15) is 24.3 Å². The molecule has 16 heavy (non-hydrogen) atoms. The summed E-state index contributed by atoms with van der Waals surface area (Å²) in [5.74, 6) is -1.14. The maximum Gasteiger partial charge on any atom is 0.218 e. The summed E-state index contributed by atoms with van der Waals surface area (Å²) in [4.78, 5) is 21.9. The summed E-state index contributed by atoms with van der Waals surface area (Å²) in [6.45, 7) is 0. The number of amides is 2. The summed E-state index contributed by atoms with van der Waals surface area (Å²) in [7, 11) is 0. The first-order valence-corrected chi connectivity index (χ1v) is 5.61. The Kier molecular flexibility index (Phi) is 4.49. The van der Waals surface area contributed by atoms with Gasteiger partial charge in [0, 0.05) is 23.2 Å². The minimum absolute atomic E-state index is 0.117. The highest BCUT2D eigenvalue weighted by Crippen LogP contribution is 2.29. The Bertz CT molecular complexity index is 391. The van der Waals surface area contributed by atoms with E-state index >= 15 is 0 Å². The third kappa shape index (κ3) is 3.66. The van der Waals surface area contributed by atoms with Gasteiger partial charge in [0.05, 0.1) is 0 Å². The van der Waals surface area contributed by atoms with Crippen LogP contribution < -0.4 is 11.5 Å². The Hall–Kier alpha value is -1.36. The number of hydrogen-bond donors (Lipinski definition) is 2. The molecule has 0 aromatic heterocycles. The zero-order chi connectivity index (χ0) is 12.1. The number of carbonyl (C=O) groups excluding carboxylic acids is 2. The molecular formula is C11H13BrN2O2. The highest BCUT2D eigenvalue weighted by atomic mass is 79.9. The first kappa shape index (κ1) is 12.7. The molecule has 0 saturated heterocycles. The number of hydrogen-bond acceptors (Lipinski definition) is 2. The molecule has 0 fully saturated rings. The lowest BCUT2D eigenvalue weighted by molar-refractivity contribution is -0.119. The van der Waals surface area contributed by atoms with E-state index in [9.17, 15) is 9.59 Å². The van der Waals surface area contributed by atoms with Gasteiger partial charge in [0.1, 0.15) is 0 Å². The molecule has 0 aliphatic heterocycles. The van der Waals surface area contributed by atoms with Crippen molar-refractivity contribution in [2.24, 2.45) is 11.5 Å². The smallest absolute Gasteiger partial charge is 0.218 e. The van der Waals surface area contributed by atoms with Crippen molar-refractivity contribution < 1.29 is 9.59 Å². The molecular weight excluding hydrogens is 272 g/mol. The third-order valence-electron chi connectivity index (χ3n) is 2.24. The lowest BCUT2D eigenvalue weighted by Crippen LogP contribution is -2.21. The first-order chi connectivity index (χ1) is 7.50. The van der Waals surface area contributed by atoms with Crippen molar-refractivity contribution in [1.82, 2.24) is 0 Å². The molecule has 1 aromatic rings. The summed E-state index contributed by atoms with van der Waals surface area (Å²) < 4.78 is 0.850. The SMILES string of the molecule is NC(=O)CC(CC(N)=O)c1ccccc1Br. The van der Waals surface area contributed by atoms with Crippen molar-refractivity contribution in [2.75, 3.05) is 0 Å². The zero-order valence-electron chi connectivity index (χ0n) is 8.65. The first-order valence-electron chi connectivity index (χ1n) is 4.81. The van der Waals surface area contributed by atoms with Crippen LogP contribution in [-0.2, 0) is 9.59 Å². The Morgan fingerprint density at radius 2 is 1.62 bits per heavy atom. The maximum atomic E-state index is 10.9. The second kappa shape index (κ2) is 5.65. The highest BCUT2D eigenvalue weighted by Gasteiger charge is 2.18.